The number of halogens is 1. The number of likely N-dealkylation sites (N-methyl/N-ethyl adjacent to an activating group) is 1. The molecule has 1 N–H and O–H groups in total. The summed E-state index contributed by atoms with van der Waals surface area (Å²) in [6.45, 7) is 3.51. The van der Waals surface area contributed by atoms with Crippen molar-refractivity contribution < 1.29 is 23.8 Å². The van der Waals surface area contributed by atoms with Crippen LogP contribution in [0.5, 0.6) is 0 Å². The van der Waals surface area contributed by atoms with E-state index in [9.17, 15) is 14.0 Å². The first-order valence-corrected chi connectivity index (χ1v) is 8.41. The molecule has 0 saturated carbocycles. The predicted octanol–water partition coefficient (Wildman–Crippen LogP) is 1.25. The summed E-state index contributed by atoms with van der Waals surface area (Å²) in [7, 11) is 1.71. The Morgan fingerprint density at radius 2 is 2.16 bits per heavy atom. The minimum absolute atomic E-state index is 0.0301. The van der Waals surface area contributed by atoms with Crippen LogP contribution in [-0.4, -0.2) is 72.7 Å². The highest BCUT2D eigenvalue weighted by Crippen LogP contribution is 2.16. The maximum atomic E-state index is 13.8. The van der Waals surface area contributed by atoms with E-state index >= 15 is 0 Å². The zero-order valence-electron chi connectivity index (χ0n) is 14.7. The zero-order chi connectivity index (χ0) is 18.4. The fourth-order valence-corrected chi connectivity index (χ4v) is 3.07. The van der Waals surface area contributed by atoms with Gasteiger partial charge in [-0.25, -0.2) is 4.39 Å². The average molecular weight is 352 g/mol. The Bertz CT molecular complexity index is 610. The van der Waals surface area contributed by atoms with E-state index in [4.69, 9.17) is 9.84 Å². The molecule has 1 amide bonds. The van der Waals surface area contributed by atoms with Gasteiger partial charge in [0.1, 0.15) is 5.82 Å². The van der Waals surface area contributed by atoms with Gasteiger partial charge in [0.2, 0.25) is 5.91 Å². The minimum Gasteiger partial charge on any atom is -0.480 e. The average Bonchev–Trinajstić information content (AvgIpc) is 2.55. The van der Waals surface area contributed by atoms with E-state index in [2.05, 4.69) is 0 Å². The third kappa shape index (κ3) is 5.79. The molecule has 0 aromatic heterocycles. The highest BCUT2D eigenvalue weighted by molar-refractivity contribution is 5.79. The van der Waals surface area contributed by atoms with E-state index < -0.39 is 5.97 Å². The molecular formula is C18H25FN2O4. The van der Waals surface area contributed by atoms with Crippen LogP contribution in [-0.2, 0) is 20.7 Å². The van der Waals surface area contributed by atoms with Gasteiger partial charge in [0, 0.05) is 25.6 Å². The minimum atomic E-state index is -0.898. The van der Waals surface area contributed by atoms with Gasteiger partial charge in [-0.2, -0.15) is 0 Å². The maximum Gasteiger partial charge on any atom is 0.317 e. The quantitative estimate of drug-likeness (QED) is 0.800. The van der Waals surface area contributed by atoms with E-state index in [1.807, 2.05) is 0 Å². The van der Waals surface area contributed by atoms with Crippen LogP contribution in [0.4, 0.5) is 4.39 Å². The van der Waals surface area contributed by atoms with E-state index in [-0.39, 0.29) is 30.3 Å². The first kappa shape index (κ1) is 19.3. The summed E-state index contributed by atoms with van der Waals surface area (Å²) in [4.78, 5) is 26.8. The molecule has 25 heavy (non-hydrogen) atoms. The van der Waals surface area contributed by atoms with Crippen molar-refractivity contribution in [2.24, 2.45) is 5.92 Å². The van der Waals surface area contributed by atoms with Gasteiger partial charge in [0.15, 0.2) is 0 Å². The Kier molecular flexibility index (Phi) is 6.90. The number of ether oxygens (including phenoxy) is 1. The second-order valence-corrected chi connectivity index (χ2v) is 6.56. The molecule has 6 nitrogen and oxygen atoms in total. The van der Waals surface area contributed by atoms with Crippen molar-refractivity contribution in [3.05, 3.63) is 35.6 Å². The highest BCUT2D eigenvalue weighted by atomic mass is 19.1. The fourth-order valence-electron chi connectivity index (χ4n) is 3.07. The van der Waals surface area contributed by atoms with E-state index in [1.54, 1.807) is 42.0 Å². The van der Waals surface area contributed by atoms with Gasteiger partial charge >= 0.3 is 5.97 Å². The third-order valence-corrected chi connectivity index (χ3v) is 4.28. The van der Waals surface area contributed by atoms with Gasteiger partial charge in [-0.05, 0) is 25.1 Å². The Morgan fingerprint density at radius 3 is 2.84 bits per heavy atom. The first-order valence-electron chi connectivity index (χ1n) is 8.41. The predicted molar refractivity (Wildman–Crippen MR) is 90.7 cm³/mol. The molecule has 138 valence electrons. The third-order valence-electron chi connectivity index (χ3n) is 4.28. The number of amides is 1. The number of aliphatic carboxylic acids is 1. The number of benzene rings is 1. The van der Waals surface area contributed by atoms with Crippen molar-refractivity contribution in [2.45, 2.75) is 19.4 Å². The number of rotatable bonds is 7. The lowest BCUT2D eigenvalue weighted by Crippen LogP contribution is -2.51. The summed E-state index contributed by atoms with van der Waals surface area (Å²) in [6.07, 6.45) is 0.134. The molecule has 2 unspecified atom stereocenters. The largest absolute Gasteiger partial charge is 0.480 e. The van der Waals surface area contributed by atoms with Gasteiger partial charge in [-0.1, -0.05) is 25.1 Å². The molecular weight excluding hydrogens is 327 g/mol. The van der Waals surface area contributed by atoms with Crippen LogP contribution in [0.1, 0.15) is 12.5 Å². The molecule has 2 rings (SSSR count). The van der Waals surface area contributed by atoms with Crippen molar-refractivity contribution in [2.75, 3.05) is 39.8 Å². The molecule has 1 aromatic carbocycles. The summed E-state index contributed by atoms with van der Waals surface area (Å²) in [5, 5.41) is 8.81. The number of carbonyl (C=O) groups excluding carboxylic acids is 1. The summed E-state index contributed by atoms with van der Waals surface area (Å²) >= 11 is 0. The Labute approximate surface area is 147 Å². The molecule has 1 heterocycles. The lowest BCUT2D eigenvalue weighted by Gasteiger charge is -2.36. The Hall–Kier alpha value is -1.99. The second kappa shape index (κ2) is 8.92. The summed E-state index contributed by atoms with van der Waals surface area (Å²) < 4.78 is 19.4. The van der Waals surface area contributed by atoms with Crippen molar-refractivity contribution in [1.29, 1.82) is 0 Å². The van der Waals surface area contributed by atoms with Gasteiger partial charge in [-0.15, -0.1) is 0 Å². The van der Waals surface area contributed by atoms with Crippen LogP contribution in [0.3, 0.4) is 0 Å². The van der Waals surface area contributed by atoms with Crippen LogP contribution < -0.4 is 0 Å². The number of carbonyl (C=O) groups is 2. The molecule has 1 fully saturated rings. The number of morpholine rings is 1. The molecule has 0 spiro atoms. The molecule has 2 atom stereocenters. The summed E-state index contributed by atoms with van der Waals surface area (Å²) in [5.74, 6) is -1.55. The van der Waals surface area contributed by atoms with Crippen molar-refractivity contribution in [3.8, 4) is 0 Å². The molecule has 0 bridgehead atoms. The zero-order valence-corrected chi connectivity index (χ0v) is 14.7. The lowest BCUT2D eigenvalue weighted by molar-refractivity contribution is -0.144. The monoisotopic (exact) mass is 352 g/mol. The van der Waals surface area contributed by atoms with E-state index in [0.717, 1.165) is 0 Å². The van der Waals surface area contributed by atoms with Crippen LogP contribution >= 0.6 is 0 Å². The van der Waals surface area contributed by atoms with Crippen LogP contribution in [0, 0.1) is 11.7 Å². The van der Waals surface area contributed by atoms with Crippen LogP contribution in [0.2, 0.25) is 0 Å². The number of carboxylic acid groups (broad SMARTS) is 1. The SMILES string of the molecule is CC(Cc1ccccc1F)C(=O)N1CCOC(CN(C)CC(=O)O)C1. The fraction of sp³-hybridized carbons (Fsp3) is 0.556. The molecule has 1 aliphatic heterocycles. The Balaban J connectivity index is 1.90. The van der Waals surface area contributed by atoms with Crippen molar-refractivity contribution >= 4 is 11.9 Å². The Morgan fingerprint density at radius 1 is 1.44 bits per heavy atom. The molecule has 0 radical (unpaired) electrons. The second-order valence-electron chi connectivity index (χ2n) is 6.56. The normalized spacial score (nSPS) is 19.0. The summed E-state index contributed by atoms with van der Waals surface area (Å²) in [5.41, 5.74) is 0.536. The van der Waals surface area contributed by atoms with Gasteiger partial charge in [-0.3, -0.25) is 14.5 Å². The number of carboxylic acids is 1. The molecule has 1 aliphatic rings. The topological polar surface area (TPSA) is 70.1 Å². The first-order chi connectivity index (χ1) is 11.9. The van der Waals surface area contributed by atoms with Crippen LogP contribution in [0.25, 0.3) is 0 Å². The molecule has 1 saturated heterocycles. The van der Waals surface area contributed by atoms with E-state index in [0.29, 0.717) is 38.2 Å². The van der Waals surface area contributed by atoms with Crippen molar-refractivity contribution in [3.63, 3.8) is 0 Å². The maximum absolute atomic E-state index is 13.8. The summed E-state index contributed by atoms with van der Waals surface area (Å²) in [6, 6.07) is 6.49. The standard InChI is InChI=1S/C18H25FN2O4/c1-13(9-14-5-3-4-6-16(14)19)18(24)21-7-8-25-15(11-21)10-20(2)12-17(22)23/h3-6,13,15H,7-12H2,1-2H3,(H,22,23). The number of hydrogen-bond donors (Lipinski definition) is 1. The lowest BCUT2D eigenvalue weighted by atomic mass is 9.99. The molecule has 0 aliphatic carbocycles. The number of nitrogens with zero attached hydrogens (tertiary/aromatic N) is 2. The van der Waals surface area contributed by atoms with Gasteiger partial charge < -0.3 is 14.7 Å². The molecule has 7 heteroatoms. The van der Waals surface area contributed by atoms with Gasteiger partial charge in [0.25, 0.3) is 0 Å². The van der Waals surface area contributed by atoms with E-state index in [1.165, 1.54) is 6.07 Å². The van der Waals surface area contributed by atoms with Crippen molar-refractivity contribution in [1.82, 2.24) is 9.80 Å². The van der Waals surface area contributed by atoms with Gasteiger partial charge in [0.05, 0.1) is 19.3 Å². The molecule has 1 aromatic rings. The number of hydrogen-bond acceptors (Lipinski definition) is 4. The smallest absolute Gasteiger partial charge is 0.317 e. The van der Waals surface area contributed by atoms with Crippen LogP contribution in [0.15, 0.2) is 24.3 Å². The highest BCUT2D eigenvalue weighted by Gasteiger charge is 2.28.